The Kier molecular flexibility index (Phi) is 5.92. The third kappa shape index (κ3) is 4.47. The van der Waals surface area contributed by atoms with Gasteiger partial charge in [-0.3, -0.25) is 4.18 Å². The summed E-state index contributed by atoms with van der Waals surface area (Å²) < 4.78 is 34.6. The first-order valence-corrected chi connectivity index (χ1v) is 10.0. The lowest BCUT2D eigenvalue weighted by molar-refractivity contribution is 0.0601. The molecular formula is C22H20O5S. The van der Waals surface area contributed by atoms with E-state index >= 15 is 0 Å². The molecule has 0 saturated carbocycles. The van der Waals surface area contributed by atoms with Gasteiger partial charge in [0.2, 0.25) is 0 Å². The molecule has 5 nitrogen and oxygen atoms in total. The van der Waals surface area contributed by atoms with E-state index in [9.17, 15) is 13.2 Å². The van der Waals surface area contributed by atoms with Gasteiger partial charge >= 0.3 is 5.97 Å². The molecule has 0 bridgehead atoms. The summed E-state index contributed by atoms with van der Waals surface area (Å²) >= 11 is 0. The van der Waals surface area contributed by atoms with Gasteiger partial charge in [0.1, 0.15) is 0 Å². The lowest BCUT2D eigenvalue weighted by Gasteiger charge is -2.09. The third-order valence-corrected chi connectivity index (χ3v) is 5.57. The fourth-order valence-electron chi connectivity index (χ4n) is 2.72. The van der Waals surface area contributed by atoms with Gasteiger partial charge in [-0.25, -0.2) is 4.79 Å². The van der Waals surface area contributed by atoms with Gasteiger partial charge in [-0.15, -0.1) is 0 Å². The smallest absolute Gasteiger partial charge is 0.338 e. The van der Waals surface area contributed by atoms with Crippen molar-refractivity contribution in [1.82, 2.24) is 0 Å². The molecule has 0 aromatic heterocycles. The topological polar surface area (TPSA) is 69.7 Å². The minimum absolute atomic E-state index is 0.0743. The summed E-state index contributed by atoms with van der Waals surface area (Å²) in [4.78, 5) is 12.1. The molecule has 0 aliphatic heterocycles. The minimum atomic E-state index is -3.82. The zero-order valence-electron chi connectivity index (χ0n) is 15.6. The Bertz CT molecular complexity index is 1070. The SMILES string of the molecule is COC(=O)c1ccccc1-c1ccc(COS(=O)(=O)c2ccc(C)cc2)cc1. The number of rotatable bonds is 6. The fraction of sp³-hybridized carbons (Fsp3) is 0.136. The second kappa shape index (κ2) is 8.37. The van der Waals surface area contributed by atoms with E-state index in [0.717, 1.165) is 16.7 Å². The van der Waals surface area contributed by atoms with Crippen LogP contribution in [0.15, 0.2) is 77.7 Å². The van der Waals surface area contributed by atoms with Crippen molar-refractivity contribution in [2.75, 3.05) is 7.11 Å². The van der Waals surface area contributed by atoms with Gasteiger partial charge in [-0.05, 0) is 41.8 Å². The van der Waals surface area contributed by atoms with Crippen LogP contribution in [0.4, 0.5) is 0 Å². The van der Waals surface area contributed by atoms with Crippen LogP contribution in [-0.2, 0) is 25.6 Å². The number of carbonyl (C=O) groups is 1. The molecular weight excluding hydrogens is 376 g/mol. The Morgan fingerprint density at radius 2 is 1.54 bits per heavy atom. The molecule has 3 rings (SSSR count). The Labute approximate surface area is 164 Å². The summed E-state index contributed by atoms with van der Waals surface area (Å²) in [6.07, 6.45) is 0. The van der Waals surface area contributed by atoms with Crippen LogP contribution in [0.25, 0.3) is 11.1 Å². The fourth-order valence-corrected chi connectivity index (χ4v) is 3.62. The number of aryl methyl sites for hydroxylation is 1. The summed E-state index contributed by atoms with van der Waals surface area (Å²) in [5.41, 5.74) is 3.72. The molecule has 0 heterocycles. The van der Waals surface area contributed by atoms with Crippen molar-refractivity contribution in [3.05, 3.63) is 89.5 Å². The Hall–Kier alpha value is -2.96. The number of methoxy groups -OCH3 is 1. The highest BCUT2D eigenvalue weighted by atomic mass is 32.2. The zero-order chi connectivity index (χ0) is 20.1. The zero-order valence-corrected chi connectivity index (χ0v) is 16.4. The predicted molar refractivity (Wildman–Crippen MR) is 106 cm³/mol. The highest BCUT2D eigenvalue weighted by molar-refractivity contribution is 7.86. The molecule has 3 aromatic carbocycles. The molecule has 144 valence electrons. The molecule has 0 unspecified atom stereocenters. The van der Waals surface area contributed by atoms with Gasteiger partial charge < -0.3 is 4.74 Å². The number of ether oxygens (including phenoxy) is 1. The summed E-state index contributed by atoms with van der Waals surface area (Å²) in [5, 5.41) is 0. The molecule has 0 radical (unpaired) electrons. The Morgan fingerprint density at radius 1 is 0.893 bits per heavy atom. The molecule has 0 amide bonds. The molecule has 0 N–H and O–H groups in total. The Morgan fingerprint density at radius 3 is 2.18 bits per heavy atom. The van der Waals surface area contributed by atoms with E-state index in [4.69, 9.17) is 8.92 Å². The Balaban J connectivity index is 1.75. The van der Waals surface area contributed by atoms with E-state index < -0.39 is 16.1 Å². The van der Waals surface area contributed by atoms with Gasteiger partial charge in [0.15, 0.2) is 0 Å². The average molecular weight is 396 g/mol. The van der Waals surface area contributed by atoms with Crippen molar-refractivity contribution in [3.8, 4) is 11.1 Å². The van der Waals surface area contributed by atoms with Crippen molar-refractivity contribution >= 4 is 16.1 Å². The highest BCUT2D eigenvalue weighted by Crippen LogP contribution is 2.25. The van der Waals surface area contributed by atoms with Crippen molar-refractivity contribution < 1.29 is 22.1 Å². The van der Waals surface area contributed by atoms with Crippen LogP contribution in [-0.4, -0.2) is 21.5 Å². The predicted octanol–water partition coefficient (Wildman–Crippen LogP) is 4.35. The molecule has 0 atom stereocenters. The van der Waals surface area contributed by atoms with Crippen molar-refractivity contribution in [2.45, 2.75) is 18.4 Å². The number of carbonyl (C=O) groups excluding carboxylic acids is 1. The monoisotopic (exact) mass is 396 g/mol. The van der Waals surface area contributed by atoms with Crippen LogP contribution in [0.2, 0.25) is 0 Å². The molecule has 6 heteroatoms. The van der Waals surface area contributed by atoms with Gasteiger partial charge in [-0.2, -0.15) is 8.42 Å². The second-order valence-corrected chi connectivity index (χ2v) is 7.88. The summed E-state index contributed by atoms with van der Waals surface area (Å²) in [5.74, 6) is -0.410. The molecule has 28 heavy (non-hydrogen) atoms. The summed E-state index contributed by atoms with van der Waals surface area (Å²) in [6.45, 7) is 1.81. The largest absolute Gasteiger partial charge is 0.465 e. The van der Waals surface area contributed by atoms with Crippen LogP contribution in [0.1, 0.15) is 21.5 Å². The van der Waals surface area contributed by atoms with Crippen LogP contribution in [0, 0.1) is 6.92 Å². The van der Waals surface area contributed by atoms with E-state index in [1.807, 2.05) is 31.2 Å². The van der Waals surface area contributed by atoms with Crippen LogP contribution in [0.5, 0.6) is 0 Å². The molecule has 0 spiro atoms. The van der Waals surface area contributed by atoms with Crippen LogP contribution >= 0.6 is 0 Å². The van der Waals surface area contributed by atoms with Crippen molar-refractivity contribution in [1.29, 1.82) is 0 Å². The minimum Gasteiger partial charge on any atom is -0.465 e. The third-order valence-electron chi connectivity index (χ3n) is 4.29. The second-order valence-electron chi connectivity index (χ2n) is 6.26. The summed E-state index contributed by atoms with van der Waals surface area (Å²) in [7, 11) is -2.48. The van der Waals surface area contributed by atoms with Crippen LogP contribution in [0.3, 0.4) is 0 Å². The van der Waals surface area contributed by atoms with E-state index in [0.29, 0.717) is 11.1 Å². The lowest BCUT2D eigenvalue weighted by Crippen LogP contribution is -2.06. The number of hydrogen-bond donors (Lipinski definition) is 0. The summed E-state index contributed by atoms with van der Waals surface area (Å²) in [6, 6.07) is 20.8. The molecule has 0 aliphatic carbocycles. The first-order chi connectivity index (χ1) is 13.4. The van der Waals surface area contributed by atoms with E-state index in [1.54, 1.807) is 36.4 Å². The van der Waals surface area contributed by atoms with Gasteiger partial charge in [0.25, 0.3) is 10.1 Å². The molecule has 0 aliphatic rings. The average Bonchev–Trinajstić information content (AvgIpc) is 2.72. The molecule has 3 aromatic rings. The molecule has 0 saturated heterocycles. The first kappa shape index (κ1) is 19.8. The van der Waals surface area contributed by atoms with E-state index in [2.05, 4.69) is 0 Å². The van der Waals surface area contributed by atoms with E-state index in [-0.39, 0.29) is 11.5 Å². The number of esters is 1. The van der Waals surface area contributed by atoms with E-state index in [1.165, 1.54) is 19.2 Å². The van der Waals surface area contributed by atoms with Crippen molar-refractivity contribution in [3.63, 3.8) is 0 Å². The van der Waals surface area contributed by atoms with Crippen molar-refractivity contribution in [2.24, 2.45) is 0 Å². The van der Waals surface area contributed by atoms with Crippen LogP contribution < -0.4 is 0 Å². The standard InChI is InChI=1S/C22H20O5S/c1-16-7-13-19(14-8-16)28(24,25)27-15-17-9-11-18(12-10-17)20-5-3-4-6-21(20)22(23)26-2/h3-14H,15H2,1-2H3. The maximum atomic E-state index is 12.3. The maximum Gasteiger partial charge on any atom is 0.338 e. The van der Waals surface area contributed by atoms with Gasteiger partial charge in [-0.1, -0.05) is 60.2 Å². The lowest BCUT2D eigenvalue weighted by atomic mass is 9.99. The quantitative estimate of drug-likeness (QED) is 0.458. The maximum absolute atomic E-state index is 12.3. The van der Waals surface area contributed by atoms with Gasteiger partial charge in [0.05, 0.1) is 24.2 Å². The number of hydrogen-bond acceptors (Lipinski definition) is 5. The van der Waals surface area contributed by atoms with Gasteiger partial charge in [0, 0.05) is 0 Å². The normalized spacial score (nSPS) is 11.2. The molecule has 0 fully saturated rings. The number of benzene rings is 3. The highest BCUT2D eigenvalue weighted by Gasteiger charge is 2.16. The first-order valence-electron chi connectivity index (χ1n) is 8.63.